The maximum Gasteiger partial charge on any atom is 0.306 e. The lowest BCUT2D eigenvalue weighted by Gasteiger charge is -2.39. The first-order valence-electron chi connectivity index (χ1n) is 6.75. The van der Waals surface area contributed by atoms with Gasteiger partial charge in [0.05, 0.1) is 5.92 Å². The van der Waals surface area contributed by atoms with Crippen LogP contribution in [0.5, 0.6) is 0 Å². The summed E-state index contributed by atoms with van der Waals surface area (Å²) in [7, 11) is 0. The third-order valence-corrected chi connectivity index (χ3v) is 4.17. The van der Waals surface area contributed by atoms with Gasteiger partial charge in [-0.3, -0.25) is 4.79 Å². The van der Waals surface area contributed by atoms with E-state index < -0.39 is 5.97 Å². The Balaban J connectivity index is 2.13. The van der Waals surface area contributed by atoms with E-state index in [1.165, 1.54) is 5.56 Å². The normalized spacial score (nSPS) is 26.8. The van der Waals surface area contributed by atoms with E-state index in [0.29, 0.717) is 0 Å². The highest BCUT2D eigenvalue weighted by Crippen LogP contribution is 2.43. The molecule has 18 heavy (non-hydrogen) atoms. The van der Waals surface area contributed by atoms with Crippen LogP contribution >= 0.6 is 0 Å². The number of hydrogen-bond acceptors (Lipinski definition) is 1. The Bertz CT molecular complexity index is 408. The second-order valence-electron chi connectivity index (χ2n) is 6.30. The fourth-order valence-electron chi connectivity index (χ4n) is 3.19. The van der Waals surface area contributed by atoms with Gasteiger partial charge in [0, 0.05) is 0 Å². The minimum Gasteiger partial charge on any atom is -0.481 e. The van der Waals surface area contributed by atoms with Crippen molar-refractivity contribution < 1.29 is 9.90 Å². The van der Waals surface area contributed by atoms with Crippen LogP contribution in [0, 0.1) is 17.3 Å². The van der Waals surface area contributed by atoms with E-state index in [1.807, 2.05) is 18.2 Å². The number of benzene rings is 1. The van der Waals surface area contributed by atoms with Crippen LogP contribution < -0.4 is 0 Å². The molecule has 0 bridgehead atoms. The molecule has 2 nitrogen and oxygen atoms in total. The summed E-state index contributed by atoms with van der Waals surface area (Å²) in [4.78, 5) is 11.4. The number of carboxylic acids is 1. The SMILES string of the molecule is CC1(C)CCC(C(=O)O)C(Cc2ccccc2)C1. The van der Waals surface area contributed by atoms with Gasteiger partial charge in [0.1, 0.15) is 0 Å². The number of aliphatic carboxylic acids is 1. The zero-order valence-corrected chi connectivity index (χ0v) is 11.2. The molecule has 0 radical (unpaired) electrons. The standard InChI is InChI=1S/C16H22O2/c1-16(2)9-8-14(15(17)18)13(11-16)10-12-6-4-3-5-7-12/h3-7,13-14H,8-11H2,1-2H3,(H,17,18). The second-order valence-corrected chi connectivity index (χ2v) is 6.30. The van der Waals surface area contributed by atoms with Crippen molar-refractivity contribution in [3.8, 4) is 0 Å². The fourth-order valence-corrected chi connectivity index (χ4v) is 3.19. The zero-order valence-electron chi connectivity index (χ0n) is 11.2. The molecular weight excluding hydrogens is 224 g/mol. The summed E-state index contributed by atoms with van der Waals surface area (Å²) in [6.07, 6.45) is 3.75. The van der Waals surface area contributed by atoms with Crippen molar-refractivity contribution in [1.82, 2.24) is 0 Å². The molecule has 0 spiro atoms. The molecular formula is C16H22O2. The van der Waals surface area contributed by atoms with Gasteiger partial charge in [0.2, 0.25) is 0 Å². The maximum absolute atomic E-state index is 11.4. The smallest absolute Gasteiger partial charge is 0.306 e. The van der Waals surface area contributed by atoms with Gasteiger partial charge in [-0.25, -0.2) is 0 Å². The molecule has 1 fully saturated rings. The third kappa shape index (κ3) is 3.12. The molecule has 1 aliphatic rings. The number of hydrogen-bond donors (Lipinski definition) is 1. The summed E-state index contributed by atoms with van der Waals surface area (Å²) in [5.74, 6) is -0.515. The fraction of sp³-hybridized carbons (Fsp3) is 0.562. The predicted molar refractivity (Wildman–Crippen MR) is 72.4 cm³/mol. The van der Waals surface area contributed by atoms with E-state index in [0.717, 1.165) is 25.7 Å². The first kappa shape index (κ1) is 13.1. The third-order valence-electron chi connectivity index (χ3n) is 4.17. The number of rotatable bonds is 3. The maximum atomic E-state index is 11.4. The number of carboxylic acid groups (broad SMARTS) is 1. The van der Waals surface area contributed by atoms with Crippen LogP contribution in [-0.2, 0) is 11.2 Å². The van der Waals surface area contributed by atoms with Crippen LogP contribution in [0.3, 0.4) is 0 Å². The molecule has 0 amide bonds. The van der Waals surface area contributed by atoms with Crippen LogP contribution in [-0.4, -0.2) is 11.1 Å². The molecule has 2 atom stereocenters. The molecule has 98 valence electrons. The molecule has 2 rings (SSSR count). The number of carbonyl (C=O) groups is 1. The van der Waals surface area contributed by atoms with Gasteiger partial charge in [-0.15, -0.1) is 0 Å². The summed E-state index contributed by atoms with van der Waals surface area (Å²) in [6, 6.07) is 10.3. The van der Waals surface area contributed by atoms with Gasteiger partial charge in [-0.2, -0.15) is 0 Å². The van der Waals surface area contributed by atoms with Crippen LogP contribution in [0.4, 0.5) is 0 Å². The highest BCUT2D eigenvalue weighted by molar-refractivity contribution is 5.70. The molecule has 0 saturated heterocycles. The summed E-state index contributed by atoms with van der Waals surface area (Å²) >= 11 is 0. The molecule has 0 aromatic heterocycles. The summed E-state index contributed by atoms with van der Waals surface area (Å²) in [5.41, 5.74) is 1.54. The Morgan fingerprint density at radius 1 is 1.33 bits per heavy atom. The lowest BCUT2D eigenvalue weighted by molar-refractivity contribution is -0.146. The summed E-state index contributed by atoms with van der Waals surface area (Å²) < 4.78 is 0. The average molecular weight is 246 g/mol. The predicted octanol–water partition coefficient (Wildman–Crippen LogP) is 3.76. The quantitative estimate of drug-likeness (QED) is 0.881. The Kier molecular flexibility index (Phi) is 3.74. The Morgan fingerprint density at radius 3 is 2.61 bits per heavy atom. The highest BCUT2D eigenvalue weighted by Gasteiger charge is 2.38. The molecule has 1 aromatic rings. The van der Waals surface area contributed by atoms with Crippen molar-refractivity contribution in [3.05, 3.63) is 35.9 Å². The molecule has 0 aliphatic heterocycles. The van der Waals surface area contributed by atoms with Gasteiger partial charge in [0.15, 0.2) is 0 Å². The van der Waals surface area contributed by atoms with E-state index in [4.69, 9.17) is 0 Å². The van der Waals surface area contributed by atoms with Gasteiger partial charge in [0.25, 0.3) is 0 Å². The molecule has 2 heteroatoms. The topological polar surface area (TPSA) is 37.3 Å². The van der Waals surface area contributed by atoms with Crippen LogP contribution in [0.15, 0.2) is 30.3 Å². The van der Waals surface area contributed by atoms with E-state index in [2.05, 4.69) is 26.0 Å². The van der Waals surface area contributed by atoms with Crippen molar-refractivity contribution >= 4 is 5.97 Å². The minimum absolute atomic E-state index is 0.168. The van der Waals surface area contributed by atoms with Crippen LogP contribution in [0.25, 0.3) is 0 Å². The van der Waals surface area contributed by atoms with E-state index in [-0.39, 0.29) is 17.3 Å². The van der Waals surface area contributed by atoms with Crippen LogP contribution in [0.1, 0.15) is 38.7 Å². The molecule has 2 unspecified atom stereocenters. The van der Waals surface area contributed by atoms with Crippen LogP contribution in [0.2, 0.25) is 0 Å². The van der Waals surface area contributed by atoms with Crippen molar-refractivity contribution in [2.45, 2.75) is 39.5 Å². The Labute approximate surface area is 109 Å². The minimum atomic E-state index is -0.619. The largest absolute Gasteiger partial charge is 0.481 e. The van der Waals surface area contributed by atoms with Crippen molar-refractivity contribution in [2.24, 2.45) is 17.3 Å². The van der Waals surface area contributed by atoms with Crippen molar-refractivity contribution in [3.63, 3.8) is 0 Å². The highest BCUT2D eigenvalue weighted by atomic mass is 16.4. The van der Waals surface area contributed by atoms with Crippen molar-refractivity contribution in [2.75, 3.05) is 0 Å². The lowest BCUT2D eigenvalue weighted by atomic mass is 9.65. The van der Waals surface area contributed by atoms with E-state index in [1.54, 1.807) is 0 Å². The Morgan fingerprint density at radius 2 is 2.00 bits per heavy atom. The second kappa shape index (κ2) is 5.13. The lowest BCUT2D eigenvalue weighted by Crippen LogP contribution is -2.35. The van der Waals surface area contributed by atoms with Gasteiger partial charge >= 0.3 is 5.97 Å². The molecule has 1 N–H and O–H groups in total. The first-order valence-corrected chi connectivity index (χ1v) is 6.75. The molecule has 0 heterocycles. The average Bonchev–Trinajstić information content (AvgIpc) is 2.28. The van der Waals surface area contributed by atoms with Gasteiger partial charge in [-0.05, 0) is 42.6 Å². The molecule has 1 aliphatic carbocycles. The summed E-state index contributed by atoms with van der Waals surface area (Å²) in [5, 5.41) is 9.36. The van der Waals surface area contributed by atoms with Gasteiger partial charge < -0.3 is 5.11 Å². The summed E-state index contributed by atoms with van der Waals surface area (Å²) in [6.45, 7) is 4.51. The Hall–Kier alpha value is -1.31. The first-order chi connectivity index (χ1) is 8.48. The molecule has 1 saturated carbocycles. The van der Waals surface area contributed by atoms with Crippen molar-refractivity contribution in [1.29, 1.82) is 0 Å². The molecule has 1 aromatic carbocycles. The van der Waals surface area contributed by atoms with E-state index in [9.17, 15) is 9.90 Å². The zero-order chi connectivity index (χ0) is 13.2. The van der Waals surface area contributed by atoms with Gasteiger partial charge in [-0.1, -0.05) is 44.2 Å². The monoisotopic (exact) mass is 246 g/mol. The van der Waals surface area contributed by atoms with E-state index >= 15 is 0 Å².